The predicted molar refractivity (Wildman–Crippen MR) is 83.6 cm³/mol. The summed E-state index contributed by atoms with van der Waals surface area (Å²) in [6, 6.07) is 13.8. The fraction of sp³-hybridized carbons (Fsp3) is 0.278. The van der Waals surface area contributed by atoms with Gasteiger partial charge in [0.2, 0.25) is 5.91 Å². The Morgan fingerprint density at radius 2 is 1.91 bits per heavy atom. The summed E-state index contributed by atoms with van der Waals surface area (Å²) in [5, 5.41) is 13.2. The molecule has 3 nitrogen and oxygen atoms in total. The first-order chi connectivity index (χ1) is 10.4. The Morgan fingerprint density at radius 3 is 2.55 bits per heavy atom. The average Bonchev–Trinajstić information content (AvgIpc) is 2.49. The highest BCUT2D eigenvalue weighted by molar-refractivity contribution is 5.77. The molecule has 4 heteroatoms. The first-order valence-electron chi connectivity index (χ1n) is 7.18. The monoisotopic (exact) mass is 301 g/mol. The van der Waals surface area contributed by atoms with Crippen molar-refractivity contribution in [1.29, 1.82) is 0 Å². The lowest BCUT2D eigenvalue weighted by Crippen LogP contribution is -2.32. The van der Waals surface area contributed by atoms with Gasteiger partial charge >= 0.3 is 0 Å². The minimum atomic E-state index is -1.22. The maximum atomic E-state index is 13.2. The molecular weight excluding hydrogens is 281 g/mol. The van der Waals surface area contributed by atoms with Crippen LogP contribution in [0.1, 0.15) is 30.0 Å². The maximum absolute atomic E-state index is 13.2. The van der Waals surface area contributed by atoms with E-state index in [0.717, 1.165) is 5.56 Å². The van der Waals surface area contributed by atoms with Gasteiger partial charge in [0.1, 0.15) is 5.82 Å². The Hall–Kier alpha value is -2.20. The Balaban J connectivity index is 1.94. The number of aliphatic hydroxyl groups is 1. The van der Waals surface area contributed by atoms with Crippen LogP contribution >= 0.6 is 0 Å². The SMILES string of the molecule is Cc1cc(CNC(=O)CC(C)(O)c2ccccc2)ccc1F. The van der Waals surface area contributed by atoms with Crippen molar-refractivity contribution in [3.63, 3.8) is 0 Å². The molecule has 1 atom stereocenters. The molecule has 2 aromatic carbocycles. The summed E-state index contributed by atoms with van der Waals surface area (Å²) in [5.74, 6) is -0.516. The Labute approximate surface area is 129 Å². The molecule has 0 saturated heterocycles. The molecule has 0 aliphatic carbocycles. The minimum absolute atomic E-state index is 0.0306. The molecule has 0 aliphatic heterocycles. The van der Waals surface area contributed by atoms with Crippen molar-refractivity contribution in [2.75, 3.05) is 0 Å². The Kier molecular flexibility index (Phi) is 4.93. The van der Waals surface area contributed by atoms with Gasteiger partial charge in [0.25, 0.3) is 0 Å². The summed E-state index contributed by atoms with van der Waals surface area (Å²) in [5.41, 5.74) is 0.849. The van der Waals surface area contributed by atoms with Gasteiger partial charge < -0.3 is 10.4 Å². The molecular formula is C18H20FNO2. The Bertz CT molecular complexity index is 653. The molecule has 2 N–H and O–H groups in total. The zero-order chi connectivity index (χ0) is 16.2. The molecule has 0 aliphatic rings. The smallest absolute Gasteiger partial charge is 0.223 e. The lowest BCUT2D eigenvalue weighted by molar-refractivity contribution is -0.126. The summed E-state index contributed by atoms with van der Waals surface area (Å²) < 4.78 is 13.2. The van der Waals surface area contributed by atoms with Crippen LogP contribution < -0.4 is 5.32 Å². The van der Waals surface area contributed by atoms with E-state index in [4.69, 9.17) is 0 Å². The maximum Gasteiger partial charge on any atom is 0.223 e. The fourth-order valence-electron chi connectivity index (χ4n) is 2.29. The number of hydrogen-bond donors (Lipinski definition) is 2. The normalized spacial score (nSPS) is 13.5. The lowest BCUT2D eigenvalue weighted by Gasteiger charge is -2.23. The van der Waals surface area contributed by atoms with Crippen molar-refractivity contribution in [2.45, 2.75) is 32.4 Å². The van der Waals surface area contributed by atoms with Gasteiger partial charge in [0.05, 0.1) is 12.0 Å². The number of halogens is 1. The number of benzene rings is 2. The van der Waals surface area contributed by atoms with E-state index in [0.29, 0.717) is 17.7 Å². The summed E-state index contributed by atoms with van der Waals surface area (Å²) >= 11 is 0. The zero-order valence-electron chi connectivity index (χ0n) is 12.8. The number of hydrogen-bond acceptors (Lipinski definition) is 2. The molecule has 2 aromatic rings. The van der Waals surface area contributed by atoms with Crippen LogP contribution in [0, 0.1) is 12.7 Å². The third kappa shape index (κ3) is 4.15. The first kappa shape index (κ1) is 16.2. The van der Waals surface area contributed by atoms with Gasteiger partial charge in [-0.1, -0.05) is 42.5 Å². The molecule has 22 heavy (non-hydrogen) atoms. The second-order valence-corrected chi connectivity index (χ2v) is 5.68. The lowest BCUT2D eigenvalue weighted by atomic mass is 9.92. The molecule has 0 spiro atoms. The highest BCUT2D eigenvalue weighted by Crippen LogP contribution is 2.23. The van der Waals surface area contributed by atoms with E-state index >= 15 is 0 Å². The van der Waals surface area contributed by atoms with E-state index in [2.05, 4.69) is 5.32 Å². The molecule has 0 aromatic heterocycles. The van der Waals surface area contributed by atoms with Gasteiger partial charge in [-0.05, 0) is 36.6 Å². The number of carbonyl (C=O) groups excluding carboxylic acids is 1. The molecule has 1 unspecified atom stereocenters. The summed E-state index contributed by atoms with van der Waals surface area (Å²) in [6.45, 7) is 3.61. The zero-order valence-corrected chi connectivity index (χ0v) is 12.8. The quantitative estimate of drug-likeness (QED) is 0.892. The molecule has 0 fully saturated rings. The van der Waals surface area contributed by atoms with Crippen LogP contribution in [-0.2, 0) is 16.9 Å². The van der Waals surface area contributed by atoms with E-state index in [1.807, 2.05) is 18.2 Å². The van der Waals surface area contributed by atoms with E-state index in [1.54, 1.807) is 38.1 Å². The van der Waals surface area contributed by atoms with E-state index in [9.17, 15) is 14.3 Å². The molecule has 0 saturated carbocycles. The van der Waals surface area contributed by atoms with Crippen LogP contribution in [0.2, 0.25) is 0 Å². The van der Waals surface area contributed by atoms with Crippen LogP contribution in [0.25, 0.3) is 0 Å². The number of aryl methyl sites for hydroxylation is 1. The van der Waals surface area contributed by atoms with E-state index < -0.39 is 5.60 Å². The summed E-state index contributed by atoms with van der Waals surface area (Å²) in [6.07, 6.45) is -0.0306. The molecule has 0 radical (unpaired) electrons. The number of carbonyl (C=O) groups is 1. The largest absolute Gasteiger partial charge is 0.385 e. The van der Waals surface area contributed by atoms with Crippen molar-refractivity contribution in [3.8, 4) is 0 Å². The minimum Gasteiger partial charge on any atom is -0.385 e. The highest BCUT2D eigenvalue weighted by atomic mass is 19.1. The van der Waals surface area contributed by atoms with Crippen LogP contribution in [-0.4, -0.2) is 11.0 Å². The van der Waals surface area contributed by atoms with Gasteiger partial charge in [-0.15, -0.1) is 0 Å². The van der Waals surface area contributed by atoms with Gasteiger partial charge in [-0.3, -0.25) is 4.79 Å². The van der Waals surface area contributed by atoms with Crippen molar-refractivity contribution in [1.82, 2.24) is 5.32 Å². The van der Waals surface area contributed by atoms with Crippen molar-refractivity contribution in [2.24, 2.45) is 0 Å². The standard InChI is InChI=1S/C18H20FNO2/c1-13-10-14(8-9-16(13)19)12-20-17(21)11-18(2,22)15-6-4-3-5-7-15/h3-10,22H,11-12H2,1-2H3,(H,20,21). The van der Waals surface area contributed by atoms with Crippen LogP contribution in [0.3, 0.4) is 0 Å². The first-order valence-corrected chi connectivity index (χ1v) is 7.18. The highest BCUT2D eigenvalue weighted by Gasteiger charge is 2.26. The van der Waals surface area contributed by atoms with Crippen molar-refractivity contribution >= 4 is 5.91 Å². The average molecular weight is 301 g/mol. The fourth-order valence-corrected chi connectivity index (χ4v) is 2.29. The van der Waals surface area contributed by atoms with Gasteiger partial charge in [0.15, 0.2) is 0 Å². The third-order valence-electron chi connectivity index (χ3n) is 3.61. The Morgan fingerprint density at radius 1 is 1.23 bits per heavy atom. The number of rotatable bonds is 5. The third-order valence-corrected chi connectivity index (χ3v) is 3.61. The van der Waals surface area contributed by atoms with Gasteiger partial charge in [-0.25, -0.2) is 4.39 Å². The molecule has 0 bridgehead atoms. The molecule has 2 rings (SSSR count). The number of nitrogens with one attached hydrogen (secondary N) is 1. The van der Waals surface area contributed by atoms with Crippen molar-refractivity contribution in [3.05, 3.63) is 71.0 Å². The van der Waals surface area contributed by atoms with Gasteiger partial charge in [0, 0.05) is 6.54 Å². The van der Waals surface area contributed by atoms with Crippen LogP contribution in [0.4, 0.5) is 4.39 Å². The van der Waals surface area contributed by atoms with Crippen LogP contribution in [0.5, 0.6) is 0 Å². The number of amides is 1. The molecule has 116 valence electrons. The van der Waals surface area contributed by atoms with Crippen LogP contribution in [0.15, 0.2) is 48.5 Å². The van der Waals surface area contributed by atoms with Gasteiger partial charge in [-0.2, -0.15) is 0 Å². The second kappa shape index (κ2) is 6.71. The molecule has 0 heterocycles. The predicted octanol–water partition coefficient (Wildman–Crippen LogP) is 3.05. The van der Waals surface area contributed by atoms with E-state index in [1.165, 1.54) is 6.07 Å². The topological polar surface area (TPSA) is 49.3 Å². The van der Waals surface area contributed by atoms with Crippen molar-refractivity contribution < 1.29 is 14.3 Å². The summed E-state index contributed by atoms with van der Waals surface area (Å²) in [7, 11) is 0. The summed E-state index contributed by atoms with van der Waals surface area (Å²) in [4.78, 5) is 12.0. The van der Waals surface area contributed by atoms with E-state index in [-0.39, 0.29) is 18.1 Å². The molecule has 1 amide bonds. The second-order valence-electron chi connectivity index (χ2n) is 5.68.